The predicted octanol–water partition coefficient (Wildman–Crippen LogP) is 3.51. The highest BCUT2D eigenvalue weighted by molar-refractivity contribution is 6.05. The summed E-state index contributed by atoms with van der Waals surface area (Å²) in [5.41, 5.74) is -0.677. The van der Waals surface area contributed by atoms with Crippen molar-refractivity contribution in [1.29, 1.82) is 0 Å². The lowest BCUT2D eigenvalue weighted by molar-refractivity contribution is -0.125. The molecule has 3 aromatic rings. The Kier molecular flexibility index (Phi) is 7.77. The summed E-state index contributed by atoms with van der Waals surface area (Å²) < 4.78 is 21.3. The minimum atomic E-state index is -2.58. The average Bonchev–Trinajstić information content (AvgIpc) is 3.08. The molecule has 2 aliphatic rings. The van der Waals surface area contributed by atoms with Crippen LogP contribution < -0.4 is 25.2 Å². The summed E-state index contributed by atoms with van der Waals surface area (Å²) in [5, 5.41) is 6.24. The molecule has 1 fully saturated rings. The quantitative estimate of drug-likeness (QED) is 0.444. The second kappa shape index (κ2) is 11.4. The van der Waals surface area contributed by atoms with Crippen molar-refractivity contribution in [2.75, 3.05) is 56.0 Å². The summed E-state index contributed by atoms with van der Waals surface area (Å²) in [4.78, 5) is 39.9. The zero-order valence-corrected chi connectivity index (χ0v) is 23.2. The van der Waals surface area contributed by atoms with Crippen molar-refractivity contribution in [2.24, 2.45) is 0 Å². The van der Waals surface area contributed by atoms with E-state index in [0.717, 1.165) is 30.8 Å². The number of piperidine rings is 1. The van der Waals surface area contributed by atoms with Gasteiger partial charge in [-0.05, 0) is 63.3 Å². The number of nitrogens with zero attached hydrogens (tertiary/aromatic N) is 5. The Balaban J connectivity index is 1.44. The molecule has 0 saturated carbocycles. The highest BCUT2D eigenvalue weighted by Crippen LogP contribution is 2.39. The number of anilines is 5. The first kappa shape index (κ1) is 27.9. The van der Waals surface area contributed by atoms with Crippen molar-refractivity contribution in [3.8, 4) is 18.1 Å². The summed E-state index contributed by atoms with van der Waals surface area (Å²) in [6.45, 7) is 1.46. The molecule has 2 aromatic carbocycles. The average molecular weight is 558 g/mol. The van der Waals surface area contributed by atoms with E-state index in [9.17, 15) is 9.59 Å². The molecule has 1 atom stereocenters. The first-order chi connectivity index (χ1) is 19.7. The number of fused-ring (bicyclic) bond motifs is 1. The monoisotopic (exact) mass is 557 g/mol. The number of rotatable bonds is 6. The molecule has 2 amide bonds. The Labute approximate surface area is 238 Å². The number of likely N-dealkylation sites (tertiary alicyclic amines) is 1. The Morgan fingerprint density at radius 3 is 2.59 bits per heavy atom. The van der Waals surface area contributed by atoms with Gasteiger partial charge in [-0.25, -0.2) is 9.37 Å². The Morgan fingerprint density at radius 2 is 1.90 bits per heavy atom. The normalized spacial score (nSPS) is 19.6. The van der Waals surface area contributed by atoms with E-state index in [1.54, 1.807) is 47.4 Å². The lowest BCUT2D eigenvalue weighted by Crippen LogP contribution is -2.47. The maximum absolute atomic E-state index is 15.7. The van der Waals surface area contributed by atoms with Gasteiger partial charge < -0.3 is 30.1 Å². The van der Waals surface area contributed by atoms with Crippen molar-refractivity contribution in [3.05, 3.63) is 60.3 Å². The van der Waals surface area contributed by atoms with Gasteiger partial charge >= 0.3 is 0 Å². The van der Waals surface area contributed by atoms with Crippen LogP contribution in [0, 0.1) is 12.3 Å². The fourth-order valence-corrected chi connectivity index (χ4v) is 5.00. The van der Waals surface area contributed by atoms with E-state index in [1.807, 2.05) is 12.0 Å². The number of ether oxygens (including phenoxy) is 1. The van der Waals surface area contributed by atoms with E-state index in [1.165, 1.54) is 20.4 Å². The van der Waals surface area contributed by atoms with Crippen molar-refractivity contribution in [2.45, 2.75) is 24.6 Å². The van der Waals surface area contributed by atoms with Crippen LogP contribution in [0.15, 0.2) is 54.7 Å². The molecule has 2 aliphatic heterocycles. The van der Waals surface area contributed by atoms with Crippen molar-refractivity contribution < 1.29 is 18.7 Å². The number of halogens is 1. The fraction of sp³-hybridized carbons (Fsp3) is 0.333. The van der Waals surface area contributed by atoms with E-state index in [0.29, 0.717) is 34.2 Å². The molecule has 212 valence electrons. The molecular weight excluding hydrogens is 525 g/mol. The van der Waals surface area contributed by atoms with E-state index < -0.39 is 18.1 Å². The number of hydrogen-bond donors (Lipinski definition) is 2. The lowest BCUT2D eigenvalue weighted by atomic mass is 10.0. The van der Waals surface area contributed by atoms with Crippen LogP contribution in [0.2, 0.25) is 0 Å². The highest BCUT2D eigenvalue weighted by Gasteiger charge is 2.46. The van der Waals surface area contributed by atoms with Crippen LogP contribution in [0.1, 0.15) is 23.2 Å². The van der Waals surface area contributed by atoms with Gasteiger partial charge in [-0.2, -0.15) is 4.98 Å². The van der Waals surface area contributed by atoms with E-state index >= 15 is 4.39 Å². The van der Waals surface area contributed by atoms with Gasteiger partial charge in [-0.15, -0.1) is 6.42 Å². The number of terminal acetylenes is 1. The predicted molar refractivity (Wildman–Crippen MR) is 156 cm³/mol. The zero-order valence-electron chi connectivity index (χ0n) is 23.2. The second-order valence-electron chi connectivity index (χ2n) is 10.2. The second-order valence-corrected chi connectivity index (χ2v) is 10.2. The molecule has 0 aliphatic carbocycles. The van der Waals surface area contributed by atoms with Crippen molar-refractivity contribution in [1.82, 2.24) is 20.2 Å². The third-order valence-corrected chi connectivity index (χ3v) is 7.45. The number of benzene rings is 2. The zero-order chi connectivity index (χ0) is 29.1. The standard InChI is InChI=1S/C30H32FN7O3/c1-5-30(31)19-38(22-9-7-6-8-10-22)26-24(37(3)28(30)40)18-32-29(35-26)34-23-12-11-20(17-25(23)41-4)27(39)33-21-13-15-36(2)16-14-21/h1,6-12,17-18,21H,13-16,19H2,2-4H3,(H,33,39)(H,32,34,35). The highest BCUT2D eigenvalue weighted by atomic mass is 19.1. The van der Waals surface area contributed by atoms with E-state index in [-0.39, 0.29) is 17.9 Å². The topological polar surface area (TPSA) is 103 Å². The molecule has 1 saturated heterocycles. The van der Waals surface area contributed by atoms with E-state index in [4.69, 9.17) is 11.2 Å². The summed E-state index contributed by atoms with van der Waals surface area (Å²) in [6.07, 6.45) is 8.75. The van der Waals surface area contributed by atoms with Crippen molar-refractivity contribution in [3.63, 3.8) is 0 Å². The SMILES string of the molecule is C#CC1(F)CN(c2ccccc2)c2nc(Nc3ccc(C(=O)NC4CCN(C)CC4)cc3OC)ncc2N(C)C1=O. The largest absolute Gasteiger partial charge is 0.495 e. The summed E-state index contributed by atoms with van der Waals surface area (Å²) >= 11 is 0. The van der Waals surface area contributed by atoms with Gasteiger partial charge in [-0.1, -0.05) is 24.1 Å². The van der Waals surface area contributed by atoms with Crippen LogP contribution in [-0.4, -0.2) is 79.2 Å². The molecule has 1 aromatic heterocycles. The van der Waals surface area contributed by atoms with E-state index in [2.05, 4.69) is 32.5 Å². The van der Waals surface area contributed by atoms with Gasteiger partial charge in [0.05, 0.1) is 25.5 Å². The van der Waals surface area contributed by atoms with Crippen LogP contribution in [-0.2, 0) is 4.79 Å². The van der Waals surface area contributed by atoms with Gasteiger partial charge in [0.25, 0.3) is 17.5 Å². The van der Waals surface area contributed by atoms with Gasteiger partial charge in [0.1, 0.15) is 11.4 Å². The Hall–Kier alpha value is -4.69. The summed E-state index contributed by atoms with van der Waals surface area (Å²) in [5.74, 6) is 1.89. The molecular formula is C30H32FN7O3. The maximum atomic E-state index is 15.7. The lowest BCUT2D eigenvalue weighted by Gasteiger charge is -2.29. The number of carbonyl (C=O) groups excluding carboxylic acids is 2. The van der Waals surface area contributed by atoms with Gasteiger partial charge in [0.2, 0.25) is 5.95 Å². The first-order valence-electron chi connectivity index (χ1n) is 13.3. The number of nitrogens with one attached hydrogen (secondary N) is 2. The fourth-order valence-electron chi connectivity index (χ4n) is 5.00. The van der Waals surface area contributed by atoms with Crippen LogP contribution >= 0.6 is 0 Å². The molecule has 0 bridgehead atoms. The third kappa shape index (κ3) is 5.64. The number of methoxy groups -OCH3 is 1. The van der Waals surface area contributed by atoms with Gasteiger partial charge in [-0.3, -0.25) is 9.59 Å². The minimum Gasteiger partial charge on any atom is -0.495 e. The molecule has 0 spiro atoms. The molecule has 5 rings (SSSR count). The van der Waals surface area contributed by atoms with Gasteiger partial charge in [0.15, 0.2) is 5.82 Å². The molecule has 10 nitrogen and oxygen atoms in total. The van der Waals surface area contributed by atoms with Crippen LogP contribution in [0.4, 0.5) is 33.2 Å². The molecule has 11 heteroatoms. The number of carbonyl (C=O) groups is 2. The van der Waals surface area contributed by atoms with Crippen LogP contribution in [0.5, 0.6) is 5.75 Å². The molecule has 41 heavy (non-hydrogen) atoms. The Morgan fingerprint density at radius 1 is 1.17 bits per heavy atom. The molecule has 1 unspecified atom stereocenters. The number of para-hydroxylation sites is 1. The first-order valence-corrected chi connectivity index (χ1v) is 13.3. The van der Waals surface area contributed by atoms with Gasteiger partial charge in [0, 0.05) is 24.3 Å². The molecule has 3 heterocycles. The smallest absolute Gasteiger partial charge is 0.279 e. The maximum Gasteiger partial charge on any atom is 0.279 e. The number of aromatic nitrogens is 2. The van der Waals surface area contributed by atoms with Crippen LogP contribution in [0.3, 0.4) is 0 Å². The van der Waals surface area contributed by atoms with Crippen molar-refractivity contribution >= 4 is 40.6 Å². The minimum absolute atomic E-state index is 0.130. The van der Waals surface area contributed by atoms with Crippen LogP contribution in [0.25, 0.3) is 0 Å². The number of amides is 2. The third-order valence-electron chi connectivity index (χ3n) is 7.45. The summed E-state index contributed by atoms with van der Waals surface area (Å²) in [7, 11) is 5.02. The number of hydrogen-bond acceptors (Lipinski definition) is 8. The molecule has 0 radical (unpaired) electrons. The Bertz CT molecular complexity index is 1490. The molecule has 2 N–H and O–H groups in total. The summed E-state index contributed by atoms with van der Waals surface area (Å²) in [6, 6.07) is 14.2. The number of alkyl halides is 1.